The van der Waals surface area contributed by atoms with Crippen LogP contribution < -0.4 is 24.0 Å². The zero-order chi connectivity index (χ0) is 10.6. The summed E-state index contributed by atoms with van der Waals surface area (Å²) < 4.78 is 5.84. The van der Waals surface area contributed by atoms with Crippen LogP contribution in [0.15, 0.2) is 24.3 Å². The summed E-state index contributed by atoms with van der Waals surface area (Å²) >= 11 is 0. The molecule has 0 spiro atoms. The maximum atomic E-state index is 11.5. The molecule has 15 heavy (non-hydrogen) atoms. The molecule has 0 saturated carbocycles. The lowest BCUT2D eigenvalue weighted by Gasteiger charge is -2.32. The Morgan fingerprint density at radius 2 is 2.33 bits per heavy atom. The van der Waals surface area contributed by atoms with Crippen molar-refractivity contribution >= 4 is 5.97 Å². The Kier molecular flexibility index (Phi) is 6.12. The lowest BCUT2D eigenvalue weighted by atomic mass is 10.1. The highest BCUT2D eigenvalue weighted by molar-refractivity contribution is 5.88. The van der Waals surface area contributed by atoms with E-state index < -0.39 is 0 Å². The van der Waals surface area contributed by atoms with Crippen molar-refractivity contribution in [3.05, 3.63) is 24.3 Å². The van der Waals surface area contributed by atoms with Crippen LogP contribution in [0, 0.1) is 0 Å². The van der Waals surface area contributed by atoms with Crippen molar-refractivity contribution < 1.29 is 38.0 Å². The number of likely N-dealkylation sites (N-methyl/N-ethyl adjacent to an activating group) is 1. The molecule has 86 valence electrons. The minimum atomic E-state index is -0.198. The summed E-state index contributed by atoms with van der Waals surface area (Å²) in [5.41, 5.74) is 0.795. The number of nitrogens with zero attached hydrogens (tertiary/aromatic N) is 1. The summed E-state index contributed by atoms with van der Waals surface area (Å²) in [5.74, 6) is -0.198. The van der Waals surface area contributed by atoms with Crippen LogP contribution in [-0.4, -0.2) is 44.2 Å². The molecule has 0 radical (unpaired) electrons. The summed E-state index contributed by atoms with van der Waals surface area (Å²) in [6.07, 6.45) is 4.52. The fourth-order valence-electron chi connectivity index (χ4n) is 1.57. The molecular formula is C11H18INO2. The Morgan fingerprint density at radius 1 is 1.67 bits per heavy atom. The first-order valence-electron chi connectivity index (χ1n) is 4.84. The van der Waals surface area contributed by atoms with Crippen molar-refractivity contribution in [3.63, 3.8) is 0 Å². The van der Waals surface area contributed by atoms with Gasteiger partial charge in [-0.1, -0.05) is 18.7 Å². The number of esters is 1. The maximum absolute atomic E-state index is 11.5. The molecule has 0 aromatic heterocycles. The van der Waals surface area contributed by atoms with E-state index in [2.05, 4.69) is 20.7 Å². The number of carbonyl (C=O) groups excluding carboxylic acids is 1. The van der Waals surface area contributed by atoms with E-state index in [-0.39, 0.29) is 29.9 Å². The largest absolute Gasteiger partial charge is 1.00 e. The molecular weight excluding hydrogens is 305 g/mol. The summed E-state index contributed by atoms with van der Waals surface area (Å²) in [5, 5.41) is 0. The zero-order valence-corrected chi connectivity index (χ0v) is 11.5. The highest BCUT2D eigenvalue weighted by Crippen LogP contribution is 2.14. The van der Waals surface area contributed by atoms with Gasteiger partial charge in [-0.25, -0.2) is 4.79 Å². The first kappa shape index (κ1) is 14.6. The monoisotopic (exact) mass is 323 g/mol. The molecule has 0 bridgehead atoms. The highest BCUT2D eigenvalue weighted by Gasteiger charge is 2.25. The van der Waals surface area contributed by atoms with Gasteiger partial charge in [0.1, 0.15) is 13.2 Å². The van der Waals surface area contributed by atoms with Gasteiger partial charge >= 0.3 is 5.97 Å². The smallest absolute Gasteiger partial charge is 0.339 e. The Hall–Kier alpha value is -0.360. The fourth-order valence-corrected chi connectivity index (χ4v) is 1.57. The summed E-state index contributed by atoms with van der Waals surface area (Å²) in [7, 11) is 4.24. The first-order chi connectivity index (χ1) is 6.55. The standard InChI is InChI=1S/C11H18NO2.HI/c1-4-8-14-11(13)10-6-5-7-12(2,3)9-10;/h4,6H,1,5,7-9H2,2-3H3;1H/q+1;/p-1. The van der Waals surface area contributed by atoms with Crippen LogP contribution in [0.1, 0.15) is 6.42 Å². The van der Waals surface area contributed by atoms with Crippen LogP contribution in [0.25, 0.3) is 0 Å². The van der Waals surface area contributed by atoms with Crippen molar-refractivity contribution in [3.8, 4) is 0 Å². The molecule has 0 atom stereocenters. The first-order valence-corrected chi connectivity index (χ1v) is 4.84. The average Bonchev–Trinajstić information content (AvgIpc) is 2.12. The van der Waals surface area contributed by atoms with Gasteiger partial charge in [0.15, 0.2) is 0 Å². The third-order valence-corrected chi connectivity index (χ3v) is 2.32. The predicted octanol–water partition coefficient (Wildman–Crippen LogP) is -1.87. The second-order valence-corrected chi connectivity index (χ2v) is 4.22. The van der Waals surface area contributed by atoms with Crippen LogP contribution in [0.3, 0.4) is 0 Å². The van der Waals surface area contributed by atoms with E-state index >= 15 is 0 Å². The van der Waals surface area contributed by atoms with Gasteiger partial charge in [-0.2, -0.15) is 0 Å². The molecule has 0 fully saturated rings. The molecule has 0 aliphatic carbocycles. The van der Waals surface area contributed by atoms with Crippen molar-refractivity contribution in [1.29, 1.82) is 0 Å². The molecule has 0 saturated heterocycles. The average molecular weight is 323 g/mol. The topological polar surface area (TPSA) is 26.3 Å². The van der Waals surface area contributed by atoms with Crippen molar-refractivity contribution in [2.75, 3.05) is 33.8 Å². The third-order valence-electron chi connectivity index (χ3n) is 2.32. The molecule has 0 aromatic rings. The number of carbonyl (C=O) groups is 1. The van der Waals surface area contributed by atoms with Gasteiger partial charge in [-0.15, -0.1) is 0 Å². The SMILES string of the molecule is C=CCOC(=O)C1=CCC[N+](C)(C)C1.[I-]. The van der Waals surface area contributed by atoms with Gasteiger partial charge in [0.2, 0.25) is 0 Å². The van der Waals surface area contributed by atoms with E-state index in [0.717, 1.165) is 29.6 Å². The van der Waals surface area contributed by atoms with Crippen LogP contribution in [0.5, 0.6) is 0 Å². The molecule has 4 heteroatoms. The quantitative estimate of drug-likeness (QED) is 0.263. The van der Waals surface area contributed by atoms with Crippen molar-refractivity contribution in [1.82, 2.24) is 0 Å². The number of quaternary nitrogens is 1. The molecule has 0 aromatic carbocycles. The number of rotatable bonds is 3. The minimum Gasteiger partial charge on any atom is -1.00 e. The van der Waals surface area contributed by atoms with Gasteiger partial charge in [0.25, 0.3) is 0 Å². The second-order valence-electron chi connectivity index (χ2n) is 4.22. The van der Waals surface area contributed by atoms with Gasteiger partial charge in [0, 0.05) is 6.42 Å². The predicted molar refractivity (Wildman–Crippen MR) is 55.7 cm³/mol. The van der Waals surface area contributed by atoms with Crippen LogP contribution in [-0.2, 0) is 9.53 Å². The van der Waals surface area contributed by atoms with E-state index in [9.17, 15) is 4.79 Å². The van der Waals surface area contributed by atoms with Crippen molar-refractivity contribution in [2.24, 2.45) is 0 Å². The molecule has 0 N–H and O–H groups in total. The lowest BCUT2D eigenvalue weighted by molar-refractivity contribution is -0.886. The van der Waals surface area contributed by atoms with E-state index in [0.29, 0.717) is 6.61 Å². The number of hydrogen-bond donors (Lipinski definition) is 0. The summed E-state index contributed by atoms with van der Waals surface area (Å²) in [6, 6.07) is 0. The van der Waals surface area contributed by atoms with Gasteiger partial charge in [0.05, 0.1) is 26.2 Å². The number of ether oxygens (including phenoxy) is 1. The molecule has 1 aliphatic rings. The van der Waals surface area contributed by atoms with E-state index in [1.165, 1.54) is 0 Å². The Balaban J connectivity index is 0.00000196. The number of hydrogen-bond acceptors (Lipinski definition) is 2. The van der Waals surface area contributed by atoms with Crippen LogP contribution in [0.4, 0.5) is 0 Å². The summed E-state index contributed by atoms with van der Waals surface area (Å²) in [6.45, 7) is 5.64. The van der Waals surface area contributed by atoms with Crippen LogP contribution >= 0.6 is 0 Å². The summed E-state index contributed by atoms with van der Waals surface area (Å²) in [4.78, 5) is 11.5. The van der Waals surface area contributed by atoms with E-state index in [1.807, 2.05) is 6.08 Å². The normalized spacial score (nSPS) is 18.4. The Bertz CT molecular complexity index is 272. The highest BCUT2D eigenvalue weighted by atomic mass is 127. The van der Waals surface area contributed by atoms with E-state index in [4.69, 9.17) is 4.74 Å². The molecule has 0 amide bonds. The van der Waals surface area contributed by atoms with Gasteiger partial charge in [-0.05, 0) is 0 Å². The maximum Gasteiger partial charge on any atom is 0.339 e. The lowest BCUT2D eigenvalue weighted by Crippen LogP contribution is -3.00. The Morgan fingerprint density at radius 3 is 2.87 bits per heavy atom. The molecule has 1 rings (SSSR count). The molecule has 1 aliphatic heterocycles. The van der Waals surface area contributed by atoms with E-state index in [1.54, 1.807) is 6.08 Å². The second kappa shape index (κ2) is 6.27. The van der Waals surface area contributed by atoms with Gasteiger partial charge < -0.3 is 33.2 Å². The molecule has 1 heterocycles. The Labute approximate surface area is 108 Å². The minimum absolute atomic E-state index is 0. The fraction of sp³-hybridized carbons (Fsp3) is 0.545. The van der Waals surface area contributed by atoms with Gasteiger partial charge in [-0.3, -0.25) is 0 Å². The third kappa shape index (κ3) is 4.79. The number of halogens is 1. The molecule has 3 nitrogen and oxygen atoms in total. The zero-order valence-electron chi connectivity index (χ0n) is 9.33. The molecule has 0 unspecified atom stereocenters. The van der Waals surface area contributed by atoms with Crippen LogP contribution in [0.2, 0.25) is 0 Å². The van der Waals surface area contributed by atoms with Crippen molar-refractivity contribution in [2.45, 2.75) is 6.42 Å².